The Morgan fingerprint density at radius 2 is 1.69 bits per heavy atom. The molecule has 0 aliphatic rings. The number of hydrogen-bond donors (Lipinski definition) is 0. The van der Waals surface area contributed by atoms with Gasteiger partial charge in [0.2, 0.25) is 0 Å². The van der Waals surface area contributed by atoms with Crippen molar-refractivity contribution in [1.29, 1.82) is 0 Å². The van der Waals surface area contributed by atoms with Crippen LogP contribution in [0.2, 0.25) is 0 Å². The monoisotopic (exact) mass is 228 g/mol. The van der Waals surface area contributed by atoms with Crippen LogP contribution < -0.4 is 0 Å². The van der Waals surface area contributed by atoms with Crippen molar-refractivity contribution in [3.63, 3.8) is 0 Å². The summed E-state index contributed by atoms with van der Waals surface area (Å²) in [5.74, 6) is 0. The second-order valence-electron chi connectivity index (χ2n) is 3.91. The standard InChI is InChI=1S/C14H21.CH3.Mg/c1-2-3-4-5-6-8-11-14-12-9-7-10-13-14;;/h7,9-10,12H,2-6,8,11H2,1H3;1H3;/q2*-1;+2. The third kappa shape index (κ3) is 9.23. The zero-order valence-electron chi connectivity index (χ0n) is 11.0. The van der Waals surface area contributed by atoms with Gasteiger partial charge in [0.1, 0.15) is 0 Å². The molecule has 0 heterocycles. The average molecular weight is 229 g/mol. The van der Waals surface area contributed by atoms with Gasteiger partial charge in [-0.2, -0.15) is 35.9 Å². The first-order valence-corrected chi connectivity index (χ1v) is 5.89. The van der Waals surface area contributed by atoms with E-state index < -0.39 is 0 Å². The molecule has 1 aromatic rings. The third-order valence-electron chi connectivity index (χ3n) is 2.57. The summed E-state index contributed by atoms with van der Waals surface area (Å²) in [4.78, 5) is 0. The molecule has 1 heteroatoms. The summed E-state index contributed by atoms with van der Waals surface area (Å²) in [7, 11) is 0. The molecule has 86 valence electrons. The van der Waals surface area contributed by atoms with Crippen molar-refractivity contribution in [2.75, 3.05) is 0 Å². The molecule has 0 aliphatic heterocycles. The number of rotatable bonds is 7. The van der Waals surface area contributed by atoms with E-state index in [0.29, 0.717) is 0 Å². The largest absolute Gasteiger partial charge is 2.00 e. The minimum Gasteiger partial charge on any atom is -0.358 e. The number of unbranched alkanes of at least 4 members (excludes halogenated alkanes) is 5. The molecule has 0 saturated heterocycles. The van der Waals surface area contributed by atoms with Gasteiger partial charge in [0.05, 0.1) is 0 Å². The smallest absolute Gasteiger partial charge is 0.358 e. The molecule has 0 bridgehead atoms. The maximum atomic E-state index is 3.27. The third-order valence-corrected chi connectivity index (χ3v) is 2.57. The second-order valence-corrected chi connectivity index (χ2v) is 3.91. The van der Waals surface area contributed by atoms with E-state index in [0.717, 1.165) is 0 Å². The number of aryl methyl sites for hydroxylation is 1. The summed E-state index contributed by atoms with van der Waals surface area (Å²) in [5, 5.41) is 0. The normalized spacial score (nSPS) is 9.06. The Kier molecular flexibility index (Phi) is 15.0. The summed E-state index contributed by atoms with van der Waals surface area (Å²) in [6, 6.07) is 11.6. The van der Waals surface area contributed by atoms with Crippen molar-refractivity contribution >= 4 is 23.1 Å². The van der Waals surface area contributed by atoms with Crippen LogP contribution in [-0.4, -0.2) is 23.1 Å². The molecule has 0 aliphatic carbocycles. The Morgan fingerprint density at radius 1 is 1.00 bits per heavy atom. The fourth-order valence-corrected chi connectivity index (χ4v) is 1.68. The van der Waals surface area contributed by atoms with E-state index in [1.54, 1.807) is 0 Å². The predicted octanol–water partition coefficient (Wildman–Crippen LogP) is 4.46. The molecular formula is C15H24Mg. The zero-order chi connectivity index (χ0) is 10.1. The van der Waals surface area contributed by atoms with Crippen LogP contribution in [0.5, 0.6) is 0 Å². The van der Waals surface area contributed by atoms with Crippen LogP contribution >= 0.6 is 0 Å². The van der Waals surface area contributed by atoms with E-state index in [9.17, 15) is 0 Å². The van der Waals surface area contributed by atoms with E-state index in [1.165, 1.54) is 50.5 Å². The van der Waals surface area contributed by atoms with Gasteiger partial charge in [-0.05, 0) is 0 Å². The molecule has 1 aromatic carbocycles. The molecule has 0 nitrogen and oxygen atoms in total. The maximum absolute atomic E-state index is 3.27. The Labute approximate surface area is 118 Å². The second kappa shape index (κ2) is 13.1. The van der Waals surface area contributed by atoms with Gasteiger partial charge in [-0.1, -0.05) is 51.9 Å². The molecule has 0 saturated carbocycles. The SMILES string of the molecule is CCCCCCCCc1[c-]cccc1.[CH3-].[Mg+2]. The first kappa shape index (κ1) is 18.4. The predicted molar refractivity (Wildman–Crippen MR) is 74.5 cm³/mol. The van der Waals surface area contributed by atoms with Crippen molar-refractivity contribution < 1.29 is 0 Å². The molecule has 0 radical (unpaired) electrons. The first-order chi connectivity index (χ1) is 6.93. The summed E-state index contributed by atoms with van der Waals surface area (Å²) >= 11 is 0. The van der Waals surface area contributed by atoms with Crippen LogP contribution in [0, 0.1) is 13.5 Å². The minimum absolute atomic E-state index is 0. The Morgan fingerprint density at radius 3 is 2.31 bits per heavy atom. The summed E-state index contributed by atoms with van der Waals surface area (Å²) in [5.41, 5.74) is 1.36. The van der Waals surface area contributed by atoms with Crippen LogP contribution in [0.4, 0.5) is 0 Å². The van der Waals surface area contributed by atoms with Crippen molar-refractivity contribution in [2.45, 2.75) is 51.9 Å². The number of hydrogen-bond acceptors (Lipinski definition) is 0. The van der Waals surface area contributed by atoms with E-state index >= 15 is 0 Å². The molecule has 0 spiro atoms. The quantitative estimate of drug-likeness (QED) is 0.367. The van der Waals surface area contributed by atoms with Crippen LogP contribution in [-0.2, 0) is 6.42 Å². The van der Waals surface area contributed by atoms with Gasteiger partial charge in [0, 0.05) is 0 Å². The minimum atomic E-state index is 0. The van der Waals surface area contributed by atoms with Crippen molar-refractivity contribution in [3.05, 3.63) is 43.3 Å². The van der Waals surface area contributed by atoms with Crippen molar-refractivity contribution in [2.24, 2.45) is 0 Å². The van der Waals surface area contributed by atoms with E-state index in [2.05, 4.69) is 25.1 Å². The topological polar surface area (TPSA) is 0 Å². The summed E-state index contributed by atoms with van der Waals surface area (Å²) in [6.45, 7) is 2.26. The molecular weight excluding hydrogens is 204 g/mol. The molecule has 0 atom stereocenters. The fourth-order valence-electron chi connectivity index (χ4n) is 1.68. The van der Waals surface area contributed by atoms with Crippen LogP contribution in [0.25, 0.3) is 0 Å². The molecule has 1 rings (SSSR count). The van der Waals surface area contributed by atoms with E-state index in [1.807, 2.05) is 12.1 Å². The van der Waals surface area contributed by atoms with Gasteiger partial charge in [-0.3, -0.25) is 0 Å². The van der Waals surface area contributed by atoms with Gasteiger partial charge in [0.15, 0.2) is 0 Å². The molecule has 16 heavy (non-hydrogen) atoms. The van der Waals surface area contributed by atoms with Gasteiger partial charge in [-0.15, -0.1) is 0 Å². The molecule has 0 aromatic heterocycles. The molecule has 0 unspecified atom stereocenters. The molecule has 0 fully saturated rings. The Bertz CT molecular complexity index is 218. The Hall–Kier alpha value is -0.0138. The first-order valence-electron chi connectivity index (χ1n) is 5.89. The van der Waals surface area contributed by atoms with E-state index in [-0.39, 0.29) is 30.5 Å². The van der Waals surface area contributed by atoms with Crippen molar-refractivity contribution in [1.82, 2.24) is 0 Å². The van der Waals surface area contributed by atoms with E-state index in [4.69, 9.17) is 0 Å². The maximum Gasteiger partial charge on any atom is 2.00 e. The summed E-state index contributed by atoms with van der Waals surface area (Å²) < 4.78 is 0. The summed E-state index contributed by atoms with van der Waals surface area (Å²) in [6.07, 6.45) is 9.46. The van der Waals surface area contributed by atoms with Gasteiger partial charge in [-0.25, -0.2) is 0 Å². The number of benzene rings is 1. The van der Waals surface area contributed by atoms with Gasteiger partial charge < -0.3 is 7.43 Å². The Balaban J connectivity index is 0. The van der Waals surface area contributed by atoms with Gasteiger partial charge >= 0.3 is 23.1 Å². The van der Waals surface area contributed by atoms with Crippen molar-refractivity contribution in [3.8, 4) is 0 Å². The van der Waals surface area contributed by atoms with Gasteiger partial charge in [0.25, 0.3) is 0 Å². The van der Waals surface area contributed by atoms with Crippen LogP contribution in [0.15, 0.2) is 24.3 Å². The molecule has 0 amide bonds. The zero-order valence-corrected chi connectivity index (χ0v) is 12.4. The average Bonchev–Trinajstić information content (AvgIpc) is 2.25. The molecule has 0 N–H and O–H groups in total. The fraction of sp³-hybridized carbons (Fsp3) is 0.533. The van der Waals surface area contributed by atoms with Crippen LogP contribution in [0.3, 0.4) is 0 Å². The van der Waals surface area contributed by atoms with Crippen LogP contribution in [0.1, 0.15) is 51.0 Å².